The maximum absolute atomic E-state index is 10.6. The quantitative estimate of drug-likeness (QED) is 0.413. The molecule has 1 aromatic carbocycles. The molecule has 0 aromatic heterocycles. The van der Waals surface area contributed by atoms with Crippen molar-refractivity contribution >= 4 is 45.2 Å². The largest absolute Gasteiger partial charge is 0.506 e. The van der Waals surface area contributed by atoms with Crippen LogP contribution < -0.4 is 0 Å². The minimum absolute atomic E-state index is 0.241. The summed E-state index contributed by atoms with van der Waals surface area (Å²) in [5.74, 6) is 0.311. The molecule has 2 bridgehead atoms. The third-order valence-electron chi connectivity index (χ3n) is 5.05. The number of hydrogen-bond acceptors (Lipinski definition) is 3. The average Bonchev–Trinajstić information content (AvgIpc) is 2.50. The van der Waals surface area contributed by atoms with E-state index in [0.717, 1.165) is 38.4 Å². The number of rotatable bonds is 1. The first kappa shape index (κ1) is 19.2. The van der Waals surface area contributed by atoms with Crippen LogP contribution in [0.15, 0.2) is 12.1 Å². The summed E-state index contributed by atoms with van der Waals surface area (Å²) >= 11 is 4.48. The molecule has 2 heterocycles. The topological polar surface area (TPSA) is 38.7 Å². The molecule has 134 valence electrons. The van der Waals surface area contributed by atoms with Gasteiger partial charge in [0, 0.05) is 3.57 Å². The second-order valence-electron chi connectivity index (χ2n) is 6.95. The molecule has 2 unspecified atom stereocenters. The zero-order valence-electron chi connectivity index (χ0n) is 14.0. The predicted molar refractivity (Wildman–Crippen MR) is 112 cm³/mol. The highest BCUT2D eigenvalue weighted by Crippen LogP contribution is 2.38. The number of phenols is 1. The number of hydrogen-bond donors (Lipinski definition) is 1. The maximum Gasteiger partial charge on any atom is 0.188 e. The molecule has 2 atom stereocenters. The Morgan fingerprint density at radius 1 is 0.792 bits per heavy atom. The van der Waals surface area contributed by atoms with Gasteiger partial charge in [-0.15, -0.1) is 0 Å². The molecule has 0 amide bonds. The van der Waals surface area contributed by atoms with Crippen molar-refractivity contribution in [3.8, 4) is 5.75 Å². The minimum atomic E-state index is -0.442. The zero-order chi connectivity index (χ0) is 16.9. The van der Waals surface area contributed by atoms with Gasteiger partial charge in [-0.2, -0.15) is 0 Å². The molecule has 24 heavy (non-hydrogen) atoms. The molecule has 1 aromatic rings. The van der Waals surface area contributed by atoms with E-state index in [-0.39, 0.29) is 12.2 Å². The summed E-state index contributed by atoms with van der Waals surface area (Å²) in [5, 5.41) is 10.6. The monoisotopic (exact) mass is 556 g/mol. The van der Waals surface area contributed by atoms with Crippen LogP contribution in [0.2, 0.25) is 0 Å². The van der Waals surface area contributed by atoms with E-state index in [0.29, 0.717) is 5.75 Å². The van der Waals surface area contributed by atoms with Gasteiger partial charge in [0.1, 0.15) is 5.75 Å². The van der Waals surface area contributed by atoms with Crippen LogP contribution in [0.1, 0.15) is 76.1 Å². The lowest BCUT2D eigenvalue weighted by atomic mass is 9.97. The van der Waals surface area contributed by atoms with Crippen LogP contribution in [0.25, 0.3) is 0 Å². The molecule has 1 aliphatic carbocycles. The third-order valence-corrected chi connectivity index (χ3v) is 6.49. The number of aromatic hydroxyl groups is 1. The normalized spacial score (nSPS) is 29.5. The molecular weight excluding hydrogens is 530 g/mol. The molecule has 1 saturated carbocycles. The van der Waals surface area contributed by atoms with E-state index < -0.39 is 6.29 Å². The van der Waals surface area contributed by atoms with Gasteiger partial charge < -0.3 is 14.6 Å². The van der Waals surface area contributed by atoms with Gasteiger partial charge in [0.05, 0.1) is 21.3 Å². The van der Waals surface area contributed by atoms with Crippen molar-refractivity contribution in [2.45, 2.75) is 82.7 Å². The Bertz CT molecular complexity index is 528. The molecule has 0 spiro atoms. The van der Waals surface area contributed by atoms with Gasteiger partial charge in [0.15, 0.2) is 6.29 Å². The van der Waals surface area contributed by atoms with Crippen molar-refractivity contribution in [2.24, 2.45) is 0 Å². The van der Waals surface area contributed by atoms with Crippen LogP contribution in [0.5, 0.6) is 5.75 Å². The lowest BCUT2D eigenvalue weighted by Crippen LogP contribution is -2.27. The van der Waals surface area contributed by atoms with E-state index in [1.54, 1.807) is 0 Å². The van der Waals surface area contributed by atoms with Crippen LogP contribution in [-0.2, 0) is 9.47 Å². The molecule has 4 rings (SSSR count). The van der Waals surface area contributed by atoms with Crippen LogP contribution in [0, 0.1) is 7.14 Å². The first-order valence-corrected chi connectivity index (χ1v) is 11.3. The Morgan fingerprint density at radius 2 is 1.33 bits per heavy atom. The second kappa shape index (κ2) is 9.37. The van der Waals surface area contributed by atoms with Gasteiger partial charge in [-0.05, 0) is 89.4 Å². The summed E-state index contributed by atoms with van der Waals surface area (Å²) in [7, 11) is 0. The van der Waals surface area contributed by atoms with Gasteiger partial charge in [-0.1, -0.05) is 32.1 Å². The van der Waals surface area contributed by atoms with Gasteiger partial charge in [-0.3, -0.25) is 0 Å². The molecule has 3 fully saturated rings. The Kier molecular flexibility index (Phi) is 7.48. The van der Waals surface area contributed by atoms with E-state index in [1.807, 2.05) is 12.1 Å². The minimum Gasteiger partial charge on any atom is -0.506 e. The van der Waals surface area contributed by atoms with Gasteiger partial charge in [-0.25, -0.2) is 0 Å². The predicted octanol–water partition coefficient (Wildman–Crippen LogP) is 6.30. The summed E-state index contributed by atoms with van der Waals surface area (Å²) in [5.41, 5.74) is 0.792. The van der Waals surface area contributed by atoms with E-state index in [1.165, 1.54) is 38.5 Å². The van der Waals surface area contributed by atoms with Gasteiger partial charge >= 0.3 is 0 Å². The van der Waals surface area contributed by atoms with Gasteiger partial charge in [0.25, 0.3) is 0 Å². The van der Waals surface area contributed by atoms with E-state index in [2.05, 4.69) is 45.2 Å². The molecule has 0 radical (unpaired) electrons. The molecule has 2 saturated heterocycles. The number of ether oxygens (including phenoxy) is 2. The smallest absolute Gasteiger partial charge is 0.188 e. The van der Waals surface area contributed by atoms with Gasteiger partial charge in [0.2, 0.25) is 0 Å². The van der Waals surface area contributed by atoms with E-state index in [4.69, 9.17) is 9.47 Å². The summed E-state index contributed by atoms with van der Waals surface area (Å²) < 4.78 is 14.7. The van der Waals surface area contributed by atoms with Crippen molar-refractivity contribution in [3.05, 3.63) is 24.8 Å². The molecule has 3 aliphatic rings. The van der Waals surface area contributed by atoms with Crippen molar-refractivity contribution < 1.29 is 14.6 Å². The summed E-state index contributed by atoms with van der Waals surface area (Å²) in [4.78, 5) is 0. The first-order valence-electron chi connectivity index (χ1n) is 9.12. The van der Waals surface area contributed by atoms with Crippen LogP contribution in [0.4, 0.5) is 0 Å². The number of benzene rings is 1. The molecule has 3 nitrogen and oxygen atoms in total. The molecule has 5 heteroatoms. The lowest BCUT2D eigenvalue weighted by Gasteiger charge is -2.33. The fraction of sp³-hybridized carbons (Fsp3) is 0.684. The molecule has 1 N–H and O–H groups in total. The highest BCUT2D eigenvalue weighted by molar-refractivity contribution is 14.1. The first-order chi connectivity index (χ1) is 11.6. The molecule has 2 aliphatic heterocycles. The summed E-state index contributed by atoms with van der Waals surface area (Å²) in [6.45, 7) is 0. The summed E-state index contributed by atoms with van der Waals surface area (Å²) in [6.07, 6.45) is 12.1. The standard InChI is InChI=1S/C19H26I2O3/c20-13-11-16(18(22)17(21)12-13)19-23-14-7-4-2-1-3-5-8-15(24-19)10-6-9-14/h11-12,14-15,19,22H,1-10H2. The van der Waals surface area contributed by atoms with E-state index >= 15 is 0 Å². The number of phenolic OH excluding ortho intramolecular Hbond substituents is 1. The number of fused-ring (bicyclic) bond motifs is 10. The molecular formula is C19H26I2O3. The second-order valence-corrected chi connectivity index (χ2v) is 9.36. The fourth-order valence-corrected chi connectivity index (χ4v) is 5.59. The van der Waals surface area contributed by atoms with Crippen molar-refractivity contribution in [1.29, 1.82) is 0 Å². The SMILES string of the molecule is Oc1c(I)cc(I)cc1C1OC2CCCCCCCC(CCC2)O1. The van der Waals surface area contributed by atoms with Crippen molar-refractivity contribution in [1.82, 2.24) is 0 Å². The van der Waals surface area contributed by atoms with Crippen LogP contribution in [-0.4, -0.2) is 17.3 Å². The highest BCUT2D eigenvalue weighted by atomic mass is 127. The highest BCUT2D eigenvalue weighted by Gasteiger charge is 2.28. The van der Waals surface area contributed by atoms with Crippen molar-refractivity contribution in [3.63, 3.8) is 0 Å². The average molecular weight is 556 g/mol. The Balaban J connectivity index is 1.87. The maximum atomic E-state index is 10.6. The van der Waals surface area contributed by atoms with E-state index in [9.17, 15) is 5.11 Å². The zero-order valence-corrected chi connectivity index (χ0v) is 18.3. The fourth-order valence-electron chi connectivity index (χ4n) is 3.70. The third kappa shape index (κ3) is 5.20. The Morgan fingerprint density at radius 3 is 1.96 bits per heavy atom. The van der Waals surface area contributed by atoms with Crippen LogP contribution >= 0.6 is 45.2 Å². The number of halogens is 2. The lowest BCUT2D eigenvalue weighted by molar-refractivity contribution is -0.215. The Labute approximate surface area is 172 Å². The summed E-state index contributed by atoms with van der Waals surface area (Å²) in [6, 6.07) is 3.99. The van der Waals surface area contributed by atoms with Crippen LogP contribution in [0.3, 0.4) is 0 Å². The Hall–Kier alpha value is 0.400. The van der Waals surface area contributed by atoms with Crippen molar-refractivity contribution in [2.75, 3.05) is 0 Å².